The fourth-order valence-corrected chi connectivity index (χ4v) is 1.84. The largest absolute Gasteiger partial charge is 0.298 e. The van der Waals surface area contributed by atoms with Crippen molar-refractivity contribution in [3.63, 3.8) is 0 Å². The van der Waals surface area contributed by atoms with Gasteiger partial charge in [-0.05, 0) is 11.5 Å². The van der Waals surface area contributed by atoms with Gasteiger partial charge in [-0.25, -0.2) is 0 Å². The second-order valence-electron chi connectivity index (χ2n) is 4.43. The van der Waals surface area contributed by atoms with E-state index in [1.807, 2.05) is 42.9 Å². The van der Waals surface area contributed by atoms with Gasteiger partial charge in [0.2, 0.25) is 0 Å². The van der Waals surface area contributed by atoms with E-state index in [9.17, 15) is 4.79 Å². The van der Waals surface area contributed by atoms with Crippen LogP contribution in [-0.4, -0.2) is 16.1 Å². The van der Waals surface area contributed by atoms with E-state index in [-0.39, 0.29) is 5.92 Å². The molecule has 0 fully saturated rings. The molecule has 1 aromatic heterocycles. The molecule has 0 unspecified atom stereocenters. The van der Waals surface area contributed by atoms with Crippen LogP contribution in [0.25, 0.3) is 0 Å². The molecule has 3 heteroatoms. The molecule has 0 bridgehead atoms. The Labute approximate surface area is 101 Å². The number of hydrogen-bond acceptors (Lipinski definition) is 2. The minimum atomic E-state index is 0.271. The summed E-state index contributed by atoms with van der Waals surface area (Å²) in [5.74, 6) is 0.271. The van der Waals surface area contributed by atoms with E-state index < -0.39 is 0 Å². The van der Waals surface area contributed by atoms with Crippen LogP contribution >= 0.6 is 0 Å². The van der Waals surface area contributed by atoms with Gasteiger partial charge in [0, 0.05) is 6.20 Å². The van der Waals surface area contributed by atoms with Crippen LogP contribution in [0.3, 0.4) is 0 Å². The average molecular weight is 228 g/mol. The van der Waals surface area contributed by atoms with Crippen molar-refractivity contribution >= 4 is 6.29 Å². The number of rotatable bonds is 4. The first kappa shape index (κ1) is 11.6. The first-order chi connectivity index (χ1) is 8.20. The van der Waals surface area contributed by atoms with E-state index in [0.29, 0.717) is 12.1 Å². The van der Waals surface area contributed by atoms with Gasteiger partial charge in [-0.15, -0.1) is 0 Å². The Balaban J connectivity index is 2.26. The Morgan fingerprint density at radius 3 is 2.53 bits per heavy atom. The van der Waals surface area contributed by atoms with Gasteiger partial charge in [-0.1, -0.05) is 44.2 Å². The van der Waals surface area contributed by atoms with Crippen molar-refractivity contribution < 1.29 is 4.79 Å². The van der Waals surface area contributed by atoms with Crippen LogP contribution in [0.5, 0.6) is 0 Å². The van der Waals surface area contributed by atoms with Gasteiger partial charge in [-0.3, -0.25) is 9.48 Å². The van der Waals surface area contributed by atoms with Crippen molar-refractivity contribution in [3.05, 3.63) is 53.3 Å². The van der Waals surface area contributed by atoms with E-state index in [2.05, 4.69) is 17.2 Å². The number of benzene rings is 1. The molecule has 2 aromatic rings. The third-order valence-corrected chi connectivity index (χ3v) is 2.68. The maximum absolute atomic E-state index is 10.9. The molecule has 0 spiro atoms. The predicted octanol–water partition coefficient (Wildman–Crippen LogP) is 2.87. The lowest BCUT2D eigenvalue weighted by Gasteiger charge is -2.02. The summed E-state index contributed by atoms with van der Waals surface area (Å²) in [7, 11) is 0. The highest BCUT2D eigenvalue weighted by atomic mass is 16.1. The lowest BCUT2D eigenvalue weighted by molar-refractivity contribution is 0.112. The summed E-state index contributed by atoms with van der Waals surface area (Å²) < 4.78 is 1.83. The van der Waals surface area contributed by atoms with E-state index >= 15 is 0 Å². The SMILES string of the molecule is CC(C)c1nn(Cc2ccccc2)cc1C=O. The molecule has 1 heterocycles. The van der Waals surface area contributed by atoms with E-state index in [0.717, 1.165) is 12.0 Å². The summed E-state index contributed by atoms with van der Waals surface area (Å²) in [6.45, 7) is 4.79. The van der Waals surface area contributed by atoms with Gasteiger partial charge >= 0.3 is 0 Å². The highest BCUT2D eigenvalue weighted by Gasteiger charge is 2.11. The predicted molar refractivity (Wildman–Crippen MR) is 67.2 cm³/mol. The Morgan fingerprint density at radius 1 is 1.29 bits per heavy atom. The Bertz CT molecular complexity index is 500. The quantitative estimate of drug-likeness (QED) is 0.754. The minimum Gasteiger partial charge on any atom is -0.298 e. The van der Waals surface area contributed by atoms with Crippen molar-refractivity contribution in [2.45, 2.75) is 26.3 Å². The summed E-state index contributed by atoms with van der Waals surface area (Å²) >= 11 is 0. The molecule has 17 heavy (non-hydrogen) atoms. The van der Waals surface area contributed by atoms with Gasteiger partial charge in [0.1, 0.15) is 0 Å². The Hall–Kier alpha value is -1.90. The summed E-state index contributed by atoms with van der Waals surface area (Å²) in [4.78, 5) is 10.9. The van der Waals surface area contributed by atoms with Gasteiger partial charge < -0.3 is 0 Å². The number of carbonyl (C=O) groups excluding carboxylic acids is 1. The van der Waals surface area contributed by atoms with Crippen molar-refractivity contribution in [3.8, 4) is 0 Å². The Morgan fingerprint density at radius 2 is 2.00 bits per heavy atom. The van der Waals surface area contributed by atoms with Crippen molar-refractivity contribution in [1.82, 2.24) is 9.78 Å². The topological polar surface area (TPSA) is 34.9 Å². The number of carbonyl (C=O) groups is 1. The molecule has 0 aliphatic heterocycles. The van der Waals surface area contributed by atoms with Gasteiger partial charge in [0.25, 0.3) is 0 Å². The molecule has 0 saturated heterocycles. The van der Waals surface area contributed by atoms with Crippen LogP contribution in [0.2, 0.25) is 0 Å². The zero-order valence-electron chi connectivity index (χ0n) is 10.1. The molecule has 0 N–H and O–H groups in total. The highest BCUT2D eigenvalue weighted by Crippen LogP contribution is 2.16. The fraction of sp³-hybridized carbons (Fsp3) is 0.286. The molecule has 1 aromatic carbocycles. The van der Waals surface area contributed by atoms with Gasteiger partial charge in [-0.2, -0.15) is 5.10 Å². The fourth-order valence-electron chi connectivity index (χ4n) is 1.84. The molecule has 2 rings (SSSR count). The van der Waals surface area contributed by atoms with E-state index in [4.69, 9.17) is 0 Å². The molecule has 88 valence electrons. The van der Waals surface area contributed by atoms with E-state index in [1.54, 1.807) is 0 Å². The van der Waals surface area contributed by atoms with Crippen molar-refractivity contribution in [2.75, 3.05) is 0 Å². The third-order valence-electron chi connectivity index (χ3n) is 2.68. The van der Waals surface area contributed by atoms with Crippen molar-refractivity contribution in [1.29, 1.82) is 0 Å². The van der Waals surface area contributed by atoms with Crippen LogP contribution < -0.4 is 0 Å². The average Bonchev–Trinajstić information content (AvgIpc) is 2.73. The first-order valence-electron chi connectivity index (χ1n) is 5.77. The zero-order valence-corrected chi connectivity index (χ0v) is 10.1. The summed E-state index contributed by atoms with van der Waals surface area (Å²) in [6, 6.07) is 10.1. The van der Waals surface area contributed by atoms with Crippen LogP contribution in [0.1, 0.15) is 41.4 Å². The number of aromatic nitrogens is 2. The minimum absolute atomic E-state index is 0.271. The lowest BCUT2D eigenvalue weighted by atomic mass is 10.1. The summed E-state index contributed by atoms with van der Waals surface area (Å²) in [5, 5.41) is 4.46. The number of nitrogens with zero attached hydrogens (tertiary/aromatic N) is 2. The molecular weight excluding hydrogens is 212 g/mol. The maximum Gasteiger partial charge on any atom is 0.153 e. The smallest absolute Gasteiger partial charge is 0.153 e. The van der Waals surface area contributed by atoms with Crippen LogP contribution in [0, 0.1) is 0 Å². The number of hydrogen-bond donors (Lipinski definition) is 0. The molecular formula is C14H16N2O. The molecule has 0 amide bonds. The molecule has 0 saturated carbocycles. The normalized spacial score (nSPS) is 10.8. The second kappa shape index (κ2) is 4.95. The van der Waals surface area contributed by atoms with Crippen LogP contribution in [-0.2, 0) is 6.54 Å². The molecule has 0 aliphatic carbocycles. The van der Waals surface area contributed by atoms with E-state index in [1.165, 1.54) is 5.56 Å². The maximum atomic E-state index is 10.9. The lowest BCUT2D eigenvalue weighted by Crippen LogP contribution is -2.01. The van der Waals surface area contributed by atoms with Crippen LogP contribution in [0.4, 0.5) is 0 Å². The van der Waals surface area contributed by atoms with Gasteiger partial charge in [0.05, 0.1) is 17.8 Å². The standard InChI is InChI=1S/C14H16N2O/c1-11(2)14-13(10-17)9-16(15-14)8-12-6-4-3-5-7-12/h3-7,9-11H,8H2,1-2H3. The Kier molecular flexibility index (Phi) is 3.38. The molecule has 0 radical (unpaired) electrons. The molecule has 0 atom stereocenters. The second-order valence-corrected chi connectivity index (χ2v) is 4.43. The van der Waals surface area contributed by atoms with Crippen molar-refractivity contribution in [2.24, 2.45) is 0 Å². The summed E-state index contributed by atoms with van der Waals surface area (Å²) in [6.07, 6.45) is 2.69. The zero-order chi connectivity index (χ0) is 12.3. The van der Waals surface area contributed by atoms with Crippen LogP contribution in [0.15, 0.2) is 36.5 Å². The monoisotopic (exact) mass is 228 g/mol. The summed E-state index contributed by atoms with van der Waals surface area (Å²) in [5.41, 5.74) is 2.75. The highest BCUT2D eigenvalue weighted by molar-refractivity contribution is 5.76. The van der Waals surface area contributed by atoms with Gasteiger partial charge in [0.15, 0.2) is 6.29 Å². The number of aldehydes is 1. The third kappa shape index (κ3) is 2.61. The molecule has 0 aliphatic rings. The molecule has 3 nitrogen and oxygen atoms in total. The first-order valence-corrected chi connectivity index (χ1v) is 5.77.